The maximum Gasteiger partial charge on any atom is 0.152 e. The summed E-state index contributed by atoms with van der Waals surface area (Å²) in [5.41, 5.74) is 0. The lowest BCUT2D eigenvalue weighted by Gasteiger charge is -2.17. The molecule has 4 heteroatoms. The molecule has 1 rings (SSSR count). The average Bonchev–Trinajstić information content (AvgIpc) is 2.68. The van der Waals surface area contributed by atoms with Gasteiger partial charge in [0.2, 0.25) is 0 Å². The van der Waals surface area contributed by atoms with E-state index >= 15 is 0 Å². The lowest BCUT2D eigenvalue weighted by molar-refractivity contribution is 0.521. The zero-order valence-electron chi connectivity index (χ0n) is 10.5. The van der Waals surface area contributed by atoms with Crippen molar-refractivity contribution in [3.63, 3.8) is 0 Å². The van der Waals surface area contributed by atoms with E-state index in [2.05, 4.69) is 5.32 Å². The molecule has 0 heterocycles. The molecule has 1 aliphatic carbocycles. The van der Waals surface area contributed by atoms with Crippen LogP contribution in [0.15, 0.2) is 0 Å². The molecule has 1 saturated carbocycles. The molecule has 0 radical (unpaired) electrons. The molecule has 0 spiro atoms. The molecule has 0 amide bonds. The minimum atomic E-state index is -2.86. The summed E-state index contributed by atoms with van der Waals surface area (Å²) in [5, 5.41) is 3.23. The molecule has 16 heavy (non-hydrogen) atoms. The summed E-state index contributed by atoms with van der Waals surface area (Å²) in [6.07, 6.45) is 5.53. The summed E-state index contributed by atoms with van der Waals surface area (Å²) in [5.74, 6) is 1.16. The van der Waals surface area contributed by atoms with Crippen molar-refractivity contribution >= 4 is 9.84 Å². The molecule has 0 aromatic rings. The van der Waals surface area contributed by atoms with Crippen molar-refractivity contribution in [2.24, 2.45) is 5.92 Å². The Labute approximate surface area is 99.9 Å². The minimum Gasteiger partial charge on any atom is -0.313 e. The molecule has 0 bridgehead atoms. The van der Waals surface area contributed by atoms with Crippen molar-refractivity contribution in [1.82, 2.24) is 5.32 Å². The fourth-order valence-corrected chi connectivity index (χ4v) is 4.67. The molecular formula is C12H25NO2S. The van der Waals surface area contributed by atoms with Crippen LogP contribution in [0.2, 0.25) is 0 Å². The third-order valence-electron chi connectivity index (χ3n) is 3.41. The van der Waals surface area contributed by atoms with Gasteiger partial charge in [-0.15, -0.1) is 0 Å². The maximum atomic E-state index is 12.0. The third kappa shape index (κ3) is 4.83. The summed E-state index contributed by atoms with van der Waals surface area (Å²) in [7, 11) is -2.86. The molecular weight excluding hydrogens is 222 g/mol. The minimum absolute atomic E-state index is 0.136. The molecule has 0 aromatic heterocycles. The van der Waals surface area contributed by atoms with Crippen LogP contribution in [0.25, 0.3) is 0 Å². The smallest absolute Gasteiger partial charge is 0.152 e. The molecule has 3 nitrogen and oxygen atoms in total. The van der Waals surface area contributed by atoms with Gasteiger partial charge in [0.25, 0.3) is 0 Å². The van der Waals surface area contributed by atoms with Crippen LogP contribution in [-0.2, 0) is 9.84 Å². The second kappa shape index (κ2) is 6.60. The Hall–Kier alpha value is -0.0900. The van der Waals surface area contributed by atoms with E-state index in [1.807, 2.05) is 13.8 Å². The summed E-state index contributed by atoms with van der Waals surface area (Å²) in [6.45, 7) is 4.90. The first kappa shape index (κ1) is 14.0. The summed E-state index contributed by atoms with van der Waals surface area (Å²) >= 11 is 0. The number of nitrogens with one attached hydrogen (secondary N) is 1. The van der Waals surface area contributed by atoms with Crippen LogP contribution in [-0.4, -0.2) is 32.5 Å². The highest BCUT2D eigenvalue weighted by Gasteiger charge is 2.24. The highest BCUT2D eigenvalue weighted by atomic mass is 32.2. The monoisotopic (exact) mass is 247 g/mol. The van der Waals surface area contributed by atoms with Crippen LogP contribution in [0, 0.1) is 5.92 Å². The van der Waals surface area contributed by atoms with Gasteiger partial charge in [-0.2, -0.15) is 0 Å². The van der Waals surface area contributed by atoms with Gasteiger partial charge in [0.15, 0.2) is 9.84 Å². The Morgan fingerprint density at radius 3 is 2.38 bits per heavy atom. The van der Waals surface area contributed by atoms with E-state index in [9.17, 15) is 8.42 Å². The van der Waals surface area contributed by atoms with E-state index in [1.165, 1.54) is 12.8 Å². The second-order valence-electron chi connectivity index (χ2n) is 4.89. The highest BCUT2D eigenvalue weighted by Crippen LogP contribution is 2.26. The van der Waals surface area contributed by atoms with Gasteiger partial charge in [-0.1, -0.05) is 26.7 Å². The first-order valence-electron chi connectivity index (χ1n) is 6.51. The number of hydrogen-bond donors (Lipinski definition) is 1. The number of rotatable bonds is 7. The van der Waals surface area contributed by atoms with Gasteiger partial charge < -0.3 is 5.32 Å². The van der Waals surface area contributed by atoms with Gasteiger partial charge in [0.05, 0.1) is 11.5 Å². The summed E-state index contributed by atoms with van der Waals surface area (Å²) < 4.78 is 24.0. The van der Waals surface area contributed by atoms with Crippen LogP contribution in [0.3, 0.4) is 0 Å². The molecule has 0 saturated heterocycles. The van der Waals surface area contributed by atoms with Crippen molar-refractivity contribution in [3.8, 4) is 0 Å². The Morgan fingerprint density at radius 1 is 1.25 bits per heavy atom. The number of sulfone groups is 1. The largest absolute Gasteiger partial charge is 0.313 e. The van der Waals surface area contributed by atoms with Gasteiger partial charge >= 0.3 is 0 Å². The lowest BCUT2D eigenvalue weighted by atomic mass is 10.1. The zero-order chi connectivity index (χ0) is 12.0. The van der Waals surface area contributed by atoms with Crippen molar-refractivity contribution in [1.29, 1.82) is 0 Å². The summed E-state index contributed by atoms with van der Waals surface area (Å²) in [6, 6.07) is 0.136. The van der Waals surface area contributed by atoms with Gasteiger partial charge in [0.1, 0.15) is 0 Å². The van der Waals surface area contributed by atoms with E-state index in [-0.39, 0.29) is 6.04 Å². The van der Waals surface area contributed by atoms with Crippen LogP contribution < -0.4 is 5.32 Å². The van der Waals surface area contributed by atoms with Crippen LogP contribution >= 0.6 is 0 Å². The van der Waals surface area contributed by atoms with Crippen LogP contribution in [0.5, 0.6) is 0 Å². The Kier molecular flexibility index (Phi) is 5.76. The average molecular weight is 247 g/mol. The van der Waals surface area contributed by atoms with Gasteiger partial charge in [0, 0.05) is 6.04 Å². The maximum absolute atomic E-state index is 12.0. The summed E-state index contributed by atoms with van der Waals surface area (Å²) in [4.78, 5) is 0. The normalized spacial score (nSPS) is 20.1. The second-order valence-corrected chi connectivity index (χ2v) is 7.04. The van der Waals surface area contributed by atoms with Crippen molar-refractivity contribution in [2.75, 3.05) is 18.1 Å². The SMILES string of the molecule is CCNC(CC)CS(=O)(=O)CC1CCCC1. The lowest BCUT2D eigenvalue weighted by Crippen LogP contribution is -2.36. The molecule has 1 atom stereocenters. The Balaban J connectivity index is 2.42. The molecule has 0 aliphatic heterocycles. The van der Waals surface area contributed by atoms with Crippen LogP contribution in [0.4, 0.5) is 0 Å². The molecule has 1 unspecified atom stereocenters. The van der Waals surface area contributed by atoms with Crippen molar-refractivity contribution in [3.05, 3.63) is 0 Å². The standard InChI is InChI=1S/C12H25NO2S/c1-3-12(13-4-2)10-16(14,15)9-11-7-5-6-8-11/h11-13H,3-10H2,1-2H3. The van der Waals surface area contributed by atoms with Gasteiger partial charge in [-0.25, -0.2) is 8.42 Å². The Bertz CT molecular complexity index is 281. The third-order valence-corrected chi connectivity index (χ3v) is 5.29. The first-order valence-corrected chi connectivity index (χ1v) is 8.33. The van der Waals surface area contributed by atoms with E-state index in [4.69, 9.17) is 0 Å². The van der Waals surface area contributed by atoms with E-state index in [0.717, 1.165) is 25.8 Å². The Morgan fingerprint density at radius 2 is 1.88 bits per heavy atom. The van der Waals surface area contributed by atoms with Gasteiger partial charge in [-0.05, 0) is 31.7 Å². The van der Waals surface area contributed by atoms with E-state index in [0.29, 0.717) is 17.4 Å². The predicted octanol–water partition coefficient (Wildman–Crippen LogP) is 1.98. The topological polar surface area (TPSA) is 46.2 Å². The highest BCUT2D eigenvalue weighted by molar-refractivity contribution is 7.91. The quantitative estimate of drug-likeness (QED) is 0.748. The number of hydrogen-bond acceptors (Lipinski definition) is 3. The van der Waals surface area contributed by atoms with Crippen molar-refractivity contribution < 1.29 is 8.42 Å². The molecule has 1 N–H and O–H groups in total. The first-order chi connectivity index (χ1) is 7.57. The van der Waals surface area contributed by atoms with Gasteiger partial charge in [-0.3, -0.25) is 0 Å². The van der Waals surface area contributed by atoms with Crippen LogP contribution in [0.1, 0.15) is 46.0 Å². The molecule has 1 aliphatic rings. The molecule has 1 fully saturated rings. The van der Waals surface area contributed by atoms with E-state index < -0.39 is 9.84 Å². The van der Waals surface area contributed by atoms with E-state index in [1.54, 1.807) is 0 Å². The molecule has 96 valence electrons. The fourth-order valence-electron chi connectivity index (χ4n) is 2.52. The zero-order valence-corrected chi connectivity index (χ0v) is 11.4. The molecule has 0 aromatic carbocycles. The fraction of sp³-hybridized carbons (Fsp3) is 1.00. The van der Waals surface area contributed by atoms with Crippen molar-refractivity contribution in [2.45, 2.75) is 52.0 Å². The predicted molar refractivity (Wildman–Crippen MR) is 68.4 cm³/mol.